The molecule has 0 aromatic carbocycles. The van der Waals surface area contributed by atoms with Gasteiger partial charge in [-0.2, -0.15) is 4.31 Å². The number of likely N-dealkylation sites (tertiary alicyclic amines) is 1. The number of sulfonamides is 1. The second-order valence-corrected chi connectivity index (χ2v) is 9.19. The summed E-state index contributed by atoms with van der Waals surface area (Å²) in [5, 5.41) is 3.87. The largest absolute Gasteiger partial charge is 0.379 e. The standard InChI is InChI=1S/C17H28N4O5S/c1-13-16(14(2)26-18-13)10-17(22)20-11-15(12-20)21(27(3,23)24)5-4-19-6-8-25-9-7-19/h15H,4-12H2,1-3H3. The summed E-state index contributed by atoms with van der Waals surface area (Å²) in [6.07, 6.45) is 1.47. The molecule has 0 N–H and O–H groups in total. The Kier molecular flexibility index (Phi) is 6.19. The van der Waals surface area contributed by atoms with Crippen LogP contribution in [0, 0.1) is 13.8 Å². The van der Waals surface area contributed by atoms with Crippen LogP contribution in [0.4, 0.5) is 0 Å². The van der Waals surface area contributed by atoms with Crippen LogP contribution in [0.1, 0.15) is 17.0 Å². The molecule has 27 heavy (non-hydrogen) atoms. The van der Waals surface area contributed by atoms with E-state index >= 15 is 0 Å². The van der Waals surface area contributed by atoms with E-state index in [1.807, 2.05) is 6.92 Å². The quantitative estimate of drug-likeness (QED) is 0.617. The minimum Gasteiger partial charge on any atom is -0.379 e. The van der Waals surface area contributed by atoms with Crippen molar-refractivity contribution in [2.45, 2.75) is 26.3 Å². The van der Waals surface area contributed by atoms with Crippen molar-refractivity contribution in [1.82, 2.24) is 19.3 Å². The highest BCUT2D eigenvalue weighted by molar-refractivity contribution is 7.88. The number of morpholine rings is 1. The number of ether oxygens (including phenoxy) is 1. The summed E-state index contributed by atoms with van der Waals surface area (Å²) in [7, 11) is -3.33. The molecule has 0 unspecified atom stereocenters. The first kappa shape index (κ1) is 20.2. The molecular weight excluding hydrogens is 372 g/mol. The summed E-state index contributed by atoms with van der Waals surface area (Å²) in [6.45, 7) is 8.60. The third-order valence-corrected chi connectivity index (χ3v) is 6.63. The average Bonchev–Trinajstić information content (AvgIpc) is 2.88. The Morgan fingerprint density at radius 3 is 2.48 bits per heavy atom. The second-order valence-electron chi connectivity index (χ2n) is 7.26. The second kappa shape index (κ2) is 8.26. The Bertz CT molecular complexity index is 747. The van der Waals surface area contributed by atoms with E-state index in [1.165, 1.54) is 10.6 Å². The topological polar surface area (TPSA) is 96.2 Å². The first-order valence-corrected chi connectivity index (χ1v) is 11.1. The molecule has 0 aliphatic carbocycles. The third-order valence-electron chi connectivity index (χ3n) is 5.30. The maximum Gasteiger partial charge on any atom is 0.227 e. The summed E-state index contributed by atoms with van der Waals surface area (Å²) in [4.78, 5) is 16.4. The molecule has 3 rings (SSSR count). The van der Waals surface area contributed by atoms with Gasteiger partial charge in [0.15, 0.2) is 0 Å². The van der Waals surface area contributed by atoms with Gasteiger partial charge >= 0.3 is 0 Å². The van der Waals surface area contributed by atoms with Crippen molar-refractivity contribution >= 4 is 15.9 Å². The highest BCUT2D eigenvalue weighted by Gasteiger charge is 2.39. The minimum absolute atomic E-state index is 0.0257. The maximum absolute atomic E-state index is 12.5. The lowest BCUT2D eigenvalue weighted by atomic mass is 10.1. The van der Waals surface area contributed by atoms with Crippen LogP contribution in [-0.2, 0) is 26.0 Å². The van der Waals surface area contributed by atoms with E-state index in [1.54, 1.807) is 11.8 Å². The van der Waals surface area contributed by atoms with Gasteiger partial charge in [0.05, 0.1) is 37.6 Å². The molecule has 1 aromatic rings. The van der Waals surface area contributed by atoms with Gasteiger partial charge in [0.25, 0.3) is 0 Å². The fourth-order valence-corrected chi connectivity index (χ4v) is 4.63. The predicted octanol–water partition coefficient (Wildman–Crippen LogP) is -0.361. The molecule has 10 heteroatoms. The van der Waals surface area contributed by atoms with Crippen LogP contribution in [0.15, 0.2) is 4.52 Å². The van der Waals surface area contributed by atoms with Crippen LogP contribution in [0.25, 0.3) is 0 Å². The number of aryl methyl sites for hydroxylation is 2. The van der Waals surface area contributed by atoms with Gasteiger partial charge in [-0.1, -0.05) is 5.16 Å². The zero-order valence-corrected chi connectivity index (χ0v) is 17.0. The van der Waals surface area contributed by atoms with E-state index in [2.05, 4.69) is 10.1 Å². The zero-order chi connectivity index (χ0) is 19.6. The Morgan fingerprint density at radius 2 is 1.93 bits per heavy atom. The number of rotatable bonds is 7. The van der Waals surface area contributed by atoms with Crippen LogP contribution >= 0.6 is 0 Å². The third kappa shape index (κ3) is 4.87. The van der Waals surface area contributed by atoms with Crippen molar-refractivity contribution < 1.29 is 22.5 Å². The molecule has 0 bridgehead atoms. The number of nitrogens with zero attached hydrogens (tertiary/aromatic N) is 4. The van der Waals surface area contributed by atoms with Crippen LogP contribution in [-0.4, -0.2) is 98.4 Å². The lowest BCUT2D eigenvalue weighted by Crippen LogP contribution is -2.63. The summed E-state index contributed by atoms with van der Waals surface area (Å²) in [5.74, 6) is 0.628. The molecule has 3 heterocycles. The van der Waals surface area contributed by atoms with Gasteiger partial charge in [-0.3, -0.25) is 9.69 Å². The van der Waals surface area contributed by atoms with Crippen LogP contribution < -0.4 is 0 Å². The fraction of sp³-hybridized carbons (Fsp3) is 0.765. The molecular formula is C17H28N4O5S. The van der Waals surface area contributed by atoms with Crippen molar-refractivity contribution in [3.8, 4) is 0 Å². The van der Waals surface area contributed by atoms with Gasteiger partial charge in [-0.15, -0.1) is 0 Å². The molecule has 0 saturated carbocycles. The molecule has 1 aromatic heterocycles. The Balaban J connectivity index is 1.53. The molecule has 152 valence electrons. The van der Waals surface area contributed by atoms with E-state index < -0.39 is 10.0 Å². The molecule has 2 aliphatic rings. The predicted molar refractivity (Wildman–Crippen MR) is 98.9 cm³/mol. The van der Waals surface area contributed by atoms with Gasteiger partial charge in [0.1, 0.15) is 5.76 Å². The van der Waals surface area contributed by atoms with Crippen molar-refractivity contribution in [3.05, 3.63) is 17.0 Å². The molecule has 1 amide bonds. The number of carbonyl (C=O) groups excluding carboxylic acids is 1. The summed E-state index contributed by atoms with van der Waals surface area (Å²) < 4.78 is 36.4. The van der Waals surface area contributed by atoms with Crippen molar-refractivity contribution in [2.24, 2.45) is 0 Å². The van der Waals surface area contributed by atoms with Gasteiger partial charge in [0.2, 0.25) is 15.9 Å². The van der Waals surface area contributed by atoms with Gasteiger partial charge in [0, 0.05) is 44.8 Å². The van der Waals surface area contributed by atoms with Crippen molar-refractivity contribution in [1.29, 1.82) is 0 Å². The first-order chi connectivity index (χ1) is 12.8. The molecule has 2 saturated heterocycles. The highest BCUT2D eigenvalue weighted by Crippen LogP contribution is 2.21. The normalized spacial score (nSPS) is 19.5. The van der Waals surface area contributed by atoms with Crippen molar-refractivity contribution in [3.63, 3.8) is 0 Å². The van der Waals surface area contributed by atoms with Crippen LogP contribution in [0.5, 0.6) is 0 Å². The van der Waals surface area contributed by atoms with E-state index in [0.717, 1.165) is 24.3 Å². The van der Waals surface area contributed by atoms with E-state index in [0.29, 0.717) is 45.2 Å². The minimum atomic E-state index is -3.33. The molecule has 2 fully saturated rings. The van der Waals surface area contributed by atoms with E-state index in [4.69, 9.17) is 9.26 Å². The van der Waals surface area contributed by atoms with Crippen molar-refractivity contribution in [2.75, 3.05) is 58.7 Å². The van der Waals surface area contributed by atoms with Crippen LogP contribution in [0.2, 0.25) is 0 Å². The average molecular weight is 401 g/mol. The summed E-state index contributed by atoms with van der Waals surface area (Å²) in [5.41, 5.74) is 1.54. The molecule has 0 spiro atoms. The molecule has 0 radical (unpaired) electrons. The van der Waals surface area contributed by atoms with Gasteiger partial charge in [-0.05, 0) is 13.8 Å². The summed E-state index contributed by atoms with van der Waals surface area (Å²) >= 11 is 0. The number of aromatic nitrogens is 1. The lowest BCUT2D eigenvalue weighted by Gasteiger charge is -2.44. The molecule has 9 nitrogen and oxygen atoms in total. The molecule has 0 atom stereocenters. The maximum atomic E-state index is 12.5. The number of amides is 1. The Morgan fingerprint density at radius 1 is 1.26 bits per heavy atom. The SMILES string of the molecule is Cc1noc(C)c1CC(=O)N1CC(N(CCN2CCOCC2)S(C)(=O)=O)C1. The van der Waals surface area contributed by atoms with Gasteiger partial charge < -0.3 is 14.2 Å². The lowest BCUT2D eigenvalue weighted by molar-refractivity contribution is -0.136. The number of carbonyl (C=O) groups is 1. The summed E-state index contributed by atoms with van der Waals surface area (Å²) in [6, 6.07) is -0.158. The van der Waals surface area contributed by atoms with E-state index in [9.17, 15) is 13.2 Å². The zero-order valence-electron chi connectivity index (χ0n) is 16.2. The first-order valence-electron chi connectivity index (χ1n) is 9.22. The van der Waals surface area contributed by atoms with Gasteiger partial charge in [-0.25, -0.2) is 8.42 Å². The Labute approximate surface area is 160 Å². The van der Waals surface area contributed by atoms with Crippen LogP contribution in [0.3, 0.4) is 0 Å². The Hall–Kier alpha value is -1.49. The number of hydrogen-bond acceptors (Lipinski definition) is 7. The smallest absolute Gasteiger partial charge is 0.227 e. The van der Waals surface area contributed by atoms with E-state index in [-0.39, 0.29) is 18.4 Å². The highest BCUT2D eigenvalue weighted by atomic mass is 32.2. The molecule has 2 aliphatic heterocycles. The fourth-order valence-electron chi connectivity index (χ4n) is 3.54. The monoisotopic (exact) mass is 400 g/mol. The number of hydrogen-bond donors (Lipinski definition) is 0.